The van der Waals surface area contributed by atoms with Crippen molar-refractivity contribution in [3.05, 3.63) is 18.0 Å². The molecule has 0 aliphatic carbocycles. The van der Waals surface area contributed by atoms with Gasteiger partial charge >= 0.3 is 0 Å². The third-order valence-electron chi connectivity index (χ3n) is 1.87. The van der Waals surface area contributed by atoms with Crippen molar-refractivity contribution in [1.82, 2.24) is 15.1 Å². The molecule has 4 heteroatoms. The zero-order chi connectivity index (χ0) is 7.68. The second-order valence-electron chi connectivity index (χ2n) is 2.79. The molecule has 0 saturated heterocycles. The molecule has 1 aromatic rings. The molecule has 0 saturated carbocycles. The fourth-order valence-electron chi connectivity index (χ4n) is 1.31. The number of aliphatic hydroxyl groups excluding tert-OH is 1. The fourth-order valence-corrected chi connectivity index (χ4v) is 1.31. The molecule has 2 heterocycles. The molecule has 0 amide bonds. The summed E-state index contributed by atoms with van der Waals surface area (Å²) in [7, 11) is 0. The number of aromatic nitrogens is 2. The van der Waals surface area contributed by atoms with E-state index in [-0.39, 0.29) is 6.10 Å². The van der Waals surface area contributed by atoms with E-state index >= 15 is 0 Å². The molecule has 1 aliphatic rings. The van der Waals surface area contributed by atoms with E-state index in [1.165, 1.54) is 0 Å². The number of rotatable bonds is 0. The lowest BCUT2D eigenvalue weighted by Gasteiger charge is -2.05. The first-order valence-corrected chi connectivity index (χ1v) is 3.76. The van der Waals surface area contributed by atoms with Gasteiger partial charge in [-0.15, -0.1) is 0 Å². The highest BCUT2D eigenvalue weighted by Gasteiger charge is 2.12. The normalized spacial score (nSPS) is 24.3. The molecule has 0 bridgehead atoms. The zero-order valence-corrected chi connectivity index (χ0v) is 6.20. The van der Waals surface area contributed by atoms with Crippen molar-refractivity contribution in [2.75, 3.05) is 6.54 Å². The van der Waals surface area contributed by atoms with Crippen LogP contribution < -0.4 is 5.32 Å². The van der Waals surface area contributed by atoms with E-state index in [0.29, 0.717) is 13.1 Å². The fraction of sp³-hybridized carbons (Fsp3) is 0.571. The van der Waals surface area contributed by atoms with Gasteiger partial charge in [-0.2, -0.15) is 5.10 Å². The number of hydrogen-bond donors (Lipinski definition) is 2. The van der Waals surface area contributed by atoms with E-state index in [4.69, 9.17) is 0 Å². The lowest BCUT2D eigenvalue weighted by atomic mass is 10.4. The first-order chi connectivity index (χ1) is 5.36. The summed E-state index contributed by atoms with van der Waals surface area (Å²) >= 11 is 0. The molecule has 1 unspecified atom stereocenters. The zero-order valence-electron chi connectivity index (χ0n) is 6.20. The maximum atomic E-state index is 9.33. The van der Waals surface area contributed by atoms with Gasteiger partial charge in [-0.1, -0.05) is 0 Å². The highest BCUT2D eigenvalue weighted by Crippen LogP contribution is 2.03. The smallest absolute Gasteiger partial charge is 0.0860 e. The molecule has 2 N–H and O–H groups in total. The predicted octanol–water partition coefficient (Wildman–Crippen LogP) is -0.653. The molecule has 2 rings (SSSR count). The molecule has 1 atom stereocenters. The largest absolute Gasteiger partial charge is 0.390 e. The molecule has 11 heavy (non-hydrogen) atoms. The summed E-state index contributed by atoms with van der Waals surface area (Å²) < 4.78 is 1.84. The van der Waals surface area contributed by atoms with Crippen LogP contribution in [0.25, 0.3) is 0 Å². The summed E-state index contributed by atoms with van der Waals surface area (Å²) in [5.41, 5.74) is 1.14. The van der Waals surface area contributed by atoms with Gasteiger partial charge in [0.25, 0.3) is 0 Å². The summed E-state index contributed by atoms with van der Waals surface area (Å²) in [6, 6.07) is 1.96. The Hall–Kier alpha value is -0.870. The van der Waals surface area contributed by atoms with E-state index in [2.05, 4.69) is 10.4 Å². The van der Waals surface area contributed by atoms with Crippen LogP contribution in [0.5, 0.6) is 0 Å². The first-order valence-electron chi connectivity index (χ1n) is 3.76. The van der Waals surface area contributed by atoms with Crippen molar-refractivity contribution >= 4 is 0 Å². The lowest BCUT2D eigenvalue weighted by Crippen LogP contribution is -2.25. The standard InChI is InChI=1S/C7H11N3O/c11-7-4-8-3-6-1-2-9-10(6)5-7/h1-2,7-8,11H,3-5H2. The predicted molar refractivity (Wildman–Crippen MR) is 39.9 cm³/mol. The Bertz CT molecular complexity index is 246. The van der Waals surface area contributed by atoms with Crippen LogP contribution in [0.2, 0.25) is 0 Å². The second-order valence-corrected chi connectivity index (χ2v) is 2.79. The molecule has 0 aromatic carbocycles. The van der Waals surface area contributed by atoms with Crippen LogP contribution >= 0.6 is 0 Å². The van der Waals surface area contributed by atoms with Gasteiger partial charge in [-0.25, -0.2) is 0 Å². The van der Waals surface area contributed by atoms with Gasteiger partial charge in [-0.05, 0) is 6.07 Å². The van der Waals surface area contributed by atoms with Crippen molar-refractivity contribution in [1.29, 1.82) is 0 Å². The molecule has 0 fully saturated rings. The summed E-state index contributed by atoms with van der Waals surface area (Å²) in [5.74, 6) is 0. The lowest BCUT2D eigenvalue weighted by molar-refractivity contribution is 0.153. The molecular formula is C7H11N3O. The Balaban J connectivity index is 2.26. The summed E-state index contributed by atoms with van der Waals surface area (Å²) in [6.45, 7) is 2.07. The highest BCUT2D eigenvalue weighted by atomic mass is 16.3. The van der Waals surface area contributed by atoms with Crippen LogP contribution in [0.15, 0.2) is 12.3 Å². The van der Waals surface area contributed by atoms with Crippen LogP contribution in [0.3, 0.4) is 0 Å². The summed E-state index contributed by atoms with van der Waals surface area (Å²) in [6.07, 6.45) is 1.45. The van der Waals surface area contributed by atoms with Crippen molar-refractivity contribution in [3.63, 3.8) is 0 Å². The SMILES string of the molecule is OC1CNCc2ccnn2C1. The topological polar surface area (TPSA) is 50.1 Å². The van der Waals surface area contributed by atoms with Crippen molar-refractivity contribution in [2.45, 2.75) is 19.2 Å². The average Bonchev–Trinajstić information content (AvgIpc) is 2.31. The minimum Gasteiger partial charge on any atom is -0.390 e. The number of aliphatic hydroxyl groups is 1. The third kappa shape index (κ3) is 1.27. The number of β-amino-alcohol motifs (C(OH)–C–C–N with tert-alkyl or cyclic N) is 1. The monoisotopic (exact) mass is 153 g/mol. The molecule has 4 nitrogen and oxygen atoms in total. The van der Waals surface area contributed by atoms with Gasteiger partial charge in [0, 0.05) is 19.3 Å². The molecule has 0 spiro atoms. The number of nitrogens with one attached hydrogen (secondary N) is 1. The van der Waals surface area contributed by atoms with Crippen LogP contribution in [-0.2, 0) is 13.1 Å². The average molecular weight is 153 g/mol. The van der Waals surface area contributed by atoms with E-state index in [0.717, 1.165) is 12.2 Å². The molecular weight excluding hydrogens is 142 g/mol. The molecule has 60 valence electrons. The van der Waals surface area contributed by atoms with E-state index in [1.54, 1.807) is 6.20 Å². The number of fused-ring (bicyclic) bond motifs is 1. The van der Waals surface area contributed by atoms with Gasteiger partial charge in [0.15, 0.2) is 0 Å². The van der Waals surface area contributed by atoms with Gasteiger partial charge in [0.1, 0.15) is 0 Å². The first kappa shape index (κ1) is 6.82. The third-order valence-corrected chi connectivity index (χ3v) is 1.87. The van der Waals surface area contributed by atoms with E-state index in [9.17, 15) is 5.11 Å². The van der Waals surface area contributed by atoms with Crippen LogP contribution in [-0.4, -0.2) is 27.5 Å². The minimum atomic E-state index is -0.309. The van der Waals surface area contributed by atoms with E-state index in [1.807, 2.05) is 10.7 Å². The van der Waals surface area contributed by atoms with Gasteiger partial charge < -0.3 is 10.4 Å². The van der Waals surface area contributed by atoms with Crippen molar-refractivity contribution in [3.8, 4) is 0 Å². The van der Waals surface area contributed by atoms with Crippen LogP contribution in [0, 0.1) is 0 Å². The van der Waals surface area contributed by atoms with E-state index < -0.39 is 0 Å². The summed E-state index contributed by atoms with van der Waals surface area (Å²) in [5, 5.41) is 16.5. The van der Waals surface area contributed by atoms with Gasteiger partial charge in [0.05, 0.1) is 18.3 Å². The Labute approximate surface area is 64.8 Å². The van der Waals surface area contributed by atoms with Crippen molar-refractivity contribution in [2.24, 2.45) is 0 Å². The number of hydrogen-bond acceptors (Lipinski definition) is 3. The maximum Gasteiger partial charge on any atom is 0.0860 e. The Morgan fingerprint density at radius 3 is 3.55 bits per heavy atom. The van der Waals surface area contributed by atoms with Crippen LogP contribution in [0.4, 0.5) is 0 Å². The van der Waals surface area contributed by atoms with Gasteiger partial charge in [0.2, 0.25) is 0 Å². The quantitative estimate of drug-likeness (QED) is 0.520. The molecule has 0 radical (unpaired) electrons. The Morgan fingerprint density at radius 2 is 2.64 bits per heavy atom. The highest BCUT2D eigenvalue weighted by molar-refractivity contribution is 5.01. The Morgan fingerprint density at radius 1 is 1.73 bits per heavy atom. The minimum absolute atomic E-state index is 0.309. The van der Waals surface area contributed by atoms with Gasteiger partial charge in [-0.3, -0.25) is 4.68 Å². The second kappa shape index (κ2) is 2.64. The van der Waals surface area contributed by atoms with Crippen molar-refractivity contribution < 1.29 is 5.11 Å². The molecule has 1 aromatic heterocycles. The maximum absolute atomic E-state index is 9.33. The number of nitrogens with zero attached hydrogens (tertiary/aromatic N) is 2. The molecule has 1 aliphatic heterocycles. The Kier molecular flexibility index (Phi) is 1.63. The summed E-state index contributed by atoms with van der Waals surface area (Å²) in [4.78, 5) is 0. The van der Waals surface area contributed by atoms with Crippen LogP contribution in [0.1, 0.15) is 5.69 Å².